The molecule has 0 heterocycles. The molecule has 0 unspecified atom stereocenters. The first kappa shape index (κ1) is 18.4. The molecule has 0 saturated carbocycles. The molecule has 5 nitrogen and oxygen atoms in total. The van der Waals surface area contributed by atoms with Gasteiger partial charge in [-0.15, -0.1) is 0 Å². The highest BCUT2D eigenvalue weighted by Crippen LogP contribution is 2.25. The topological polar surface area (TPSA) is 80.3 Å². The molecule has 0 bridgehead atoms. The summed E-state index contributed by atoms with van der Waals surface area (Å²) in [6.07, 6.45) is 2.02. The standard InChI is InChI=1S/C16H18FNO4S2/c1-11-4-5-12(8-14(11)17)10-18-15-7-6-13(23(2,19)20)9-16(15)24(3,21)22/h4-9,18H,10H2,1-3H3. The molecule has 0 atom stereocenters. The van der Waals surface area contributed by atoms with Crippen molar-refractivity contribution in [3.63, 3.8) is 0 Å². The van der Waals surface area contributed by atoms with Crippen LogP contribution < -0.4 is 5.32 Å². The lowest BCUT2D eigenvalue weighted by Crippen LogP contribution is -2.08. The third-order valence-electron chi connectivity index (χ3n) is 3.50. The van der Waals surface area contributed by atoms with Crippen molar-refractivity contribution in [1.29, 1.82) is 0 Å². The van der Waals surface area contributed by atoms with Crippen LogP contribution in [0.15, 0.2) is 46.2 Å². The Morgan fingerprint density at radius 3 is 2.17 bits per heavy atom. The minimum atomic E-state index is -3.64. The minimum absolute atomic E-state index is 0.0742. The zero-order valence-corrected chi connectivity index (χ0v) is 15.1. The monoisotopic (exact) mass is 371 g/mol. The largest absolute Gasteiger partial charge is 0.380 e. The molecular weight excluding hydrogens is 353 g/mol. The van der Waals surface area contributed by atoms with E-state index in [1.807, 2.05) is 0 Å². The molecule has 0 aliphatic carbocycles. The highest BCUT2D eigenvalue weighted by atomic mass is 32.2. The second kappa shape index (κ2) is 6.52. The van der Waals surface area contributed by atoms with Crippen LogP contribution in [0.4, 0.5) is 10.1 Å². The van der Waals surface area contributed by atoms with Gasteiger partial charge in [0.05, 0.1) is 15.5 Å². The molecule has 1 N–H and O–H groups in total. The quantitative estimate of drug-likeness (QED) is 0.874. The summed E-state index contributed by atoms with van der Waals surface area (Å²) < 4.78 is 60.7. The summed E-state index contributed by atoms with van der Waals surface area (Å²) in [7, 11) is -7.16. The van der Waals surface area contributed by atoms with Gasteiger partial charge in [-0.05, 0) is 42.3 Å². The van der Waals surface area contributed by atoms with Gasteiger partial charge in [-0.3, -0.25) is 0 Å². The van der Waals surface area contributed by atoms with E-state index in [0.29, 0.717) is 11.1 Å². The van der Waals surface area contributed by atoms with Gasteiger partial charge in [-0.25, -0.2) is 21.2 Å². The van der Waals surface area contributed by atoms with Crippen molar-refractivity contribution in [3.8, 4) is 0 Å². The van der Waals surface area contributed by atoms with Crippen molar-refractivity contribution >= 4 is 25.4 Å². The van der Waals surface area contributed by atoms with Crippen LogP contribution in [0, 0.1) is 12.7 Å². The van der Waals surface area contributed by atoms with Crippen molar-refractivity contribution in [2.24, 2.45) is 0 Å². The summed E-state index contributed by atoms with van der Waals surface area (Å²) in [4.78, 5) is -0.187. The molecule has 2 aromatic rings. The smallest absolute Gasteiger partial charge is 0.177 e. The van der Waals surface area contributed by atoms with E-state index >= 15 is 0 Å². The van der Waals surface area contributed by atoms with E-state index in [1.165, 1.54) is 18.2 Å². The van der Waals surface area contributed by atoms with Gasteiger partial charge in [-0.2, -0.15) is 0 Å². The van der Waals surface area contributed by atoms with Gasteiger partial charge in [0.15, 0.2) is 19.7 Å². The van der Waals surface area contributed by atoms with Gasteiger partial charge in [0.1, 0.15) is 5.82 Å². The van der Waals surface area contributed by atoms with Crippen LogP contribution in [0.3, 0.4) is 0 Å². The molecule has 0 aliphatic heterocycles. The molecule has 0 fully saturated rings. The van der Waals surface area contributed by atoms with E-state index in [-0.39, 0.29) is 27.8 Å². The van der Waals surface area contributed by atoms with Crippen LogP contribution in [0.25, 0.3) is 0 Å². The number of rotatable bonds is 5. The predicted molar refractivity (Wildman–Crippen MR) is 91.1 cm³/mol. The Morgan fingerprint density at radius 2 is 1.62 bits per heavy atom. The summed E-state index contributed by atoms with van der Waals surface area (Å²) in [5.41, 5.74) is 1.43. The molecule has 2 rings (SSSR count). The van der Waals surface area contributed by atoms with Crippen molar-refractivity contribution in [1.82, 2.24) is 0 Å². The van der Waals surface area contributed by atoms with E-state index in [9.17, 15) is 21.2 Å². The lowest BCUT2D eigenvalue weighted by Gasteiger charge is -2.13. The van der Waals surface area contributed by atoms with E-state index in [2.05, 4.69) is 5.32 Å². The van der Waals surface area contributed by atoms with E-state index in [4.69, 9.17) is 0 Å². The lowest BCUT2D eigenvalue weighted by molar-refractivity contribution is 0.600. The highest BCUT2D eigenvalue weighted by molar-refractivity contribution is 7.91. The summed E-state index contributed by atoms with van der Waals surface area (Å²) >= 11 is 0. The normalized spacial score (nSPS) is 12.2. The Kier molecular flexibility index (Phi) is 5.00. The van der Waals surface area contributed by atoms with Crippen LogP contribution in [0.5, 0.6) is 0 Å². The molecule has 0 amide bonds. The Bertz CT molecular complexity index is 983. The van der Waals surface area contributed by atoms with Gasteiger partial charge in [0.25, 0.3) is 0 Å². The zero-order valence-electron chi connectivity index (χ0n) is 13.5. The first-order valence-electron chi connectivity index (χ1n) is 7.01. The van der Waals surface area contributed by atoms with Crippen LogP contribution >= 0.6 is 0 Å². The van der Waals surface area contributed by atoms with Crippen LogP contribution in [-0.4, -0.2) is 29.3 Å². The average molecular weight is 371 g/mol. The second-order valence-electron chi connectivity index (χ2n) is 5.64. The van der Waals surface area contributed by atoms with Crippen molar-refractivity contribution in [2.45, 2.75) is 23.3 Å². The van der Waals surface area contributed by atoms with Crippen LogP contribution in [0.2, 0.25) is 0 Å². The summed E-state index contributed by atoms with van der Waals surface area (Å²) in [5.74, 6) is -0.343. The van der Waals surface area contributed by atoms with Crippen LogP contribution in [-0.2, 0) is 26.2 Å². The Labute approximate surface area is 141 Å². The zero-order chi connectivity index (χ0) is 18.1. The fourth-order valence-corrected chi connectivity index (χ4v) is 3.73. The van der Waals surface area contributed by atoms with Gasteiger partial charge in [-0.1, -0.05) is 12.1 Å². The number of hydrogen-bond donors (Lipinski definition) is 1. The van der Waals surface area contributed by atoms with E-state index in [0.717, 1.165) is 18.6 Å². The van der Waals surface area contributed by atoms with E-state index < -0.39 is 19.7 Å². The molecule has 8 heteroatoms. The first-order valence-corrected chi connectivity index (χ1v) is 10.8. The fraction of sp³-hybridized carbons (Fsp3) is 0.250. The fourth-order valence-electron chi connectivity index (χ4n) is 2.13. The minimum Gasteiger partial charge on any atom is -0.380 e. The third-order valence-corrected chi connectivity index (χ3v) is 5.75. The van der Waals surface area contributed by atoms with Gasteiger partial charge in [0.2, 0.25) is 0 Å². The molecule has 0 aromatic heterocycles. The summed E-state index contributed by atoms with van der Waals surface area (Å²) in [6.45, 7) is 1.86. The second-order valence-corrected chi connectivity index (χ2v) is 9.64. The number of aryl methyl sites for hydroxylation is 1. The number of benzene rings is 2. The molecule has 0 radical (unpaired) electrons. The van der Waals surface area contributed by atoms with Gasteiger partial charge in [0, 0.05) is 19.1 Å². The Hall–Kier alpha value is -1.93. The molecule has 24 heavy (non-hydrogen) atoms. The van der Waals surface area contributed by atoms with E-state index in [1.54, 1.807) is 19.1 Å². The molecular formula is C16H18FNO4S2. The Morgan fingerprint density at radius 1 is 0.958 bits per heavy atom. The number of anilines is 1. The first-order chi connectivity index (χ1) is 11.0. The molecule has 0 saturated heterocycles. The maximum atomic E-state index is 13.6. The molecule has 0 aliphatic rings. The molecule has 2 aromatic carbocycles. The predicted octanol–water partition coefficient (Wildman–Crippen LogP) is 2.55. The lowest BCUT2D eigenvalue weighted by atomic mass is 10.1. The maximum Gasteiger partial charge on any atom is 0.177 e. The van der Waals surface area contributed by atoms with Gasteiger partial charge < -0.3 is 5.32 Å². The van der Waals surface area contributed by atoms with Crippen molar-refractivity contribution < 1.29 is 21.2 Å². The highest BCUT2D eigenvalue weighted by Gasteiger charge is 2.17. The number of hydrogen-bond acceptors (Lipinski definition) is 5. The number of halogens is 1. The van der Waals surface area contributed by atoms with Crippen molar-refractivity contribution in [2.75, 3.05) is 17.8 Å². The maximum absolute atomic E-state index is 13.6. The summed E-state index contributed by atoms with van der Waals surface area (Å²) in [6, 6.07) is 8.60. The molecule has 0 spiro atoms. The van der Waals surface area contributed by atoms with Crippen LogP contribution in [0.1, 0.15) is 11.1 Å². The van der Waals surface area contributed by atoms with Crippen molar-refractivity contribution in [3.05, 3.63) is 53.3 Å². The third kappa shape index (κ3) is 4.33. The number of nitrogens with one attached hydrogen (secondary N) is 1. The number of sulfone groups is 2. The Balaban J connectivity index is 2.37. The average Bonchev–Trinajstić information content (AvgIpc) is 2.46. The SMILES string of the molecule is Cc1ccc(CNc2ccc(S(C)(=O)=O)cc2S(C)(=O)=O)cc1F. The van der Waals surface area contributed by atoms with Gasteiger partial charge >= 0.3 is 0 Å². The summed E-state index contributed by atoms with van der Waals surface area (Å²) in [5, 5.41) is 2.92. The molecule has 130 valence electrons.